The van der Waals surface area contributed by atoms with Gasteiger partial charge in [-0.2, -0.15) is 0 Å². The summed E-state index contributed by atoms with van der Waals surface area (Å²) in [7, 11) is 3.23. The van der Waals surface area contributed by atoms with Crippen LogP contribution in [-0.2, 0) is 4.74 Å². The molecule has 1 aromatic rings. The van der Waals surface area contributed by atoms with Crippen LogP contribution in [0.1, 0.15) is 31.0 Å². The largest absolute Gasteiger partial charge is 0.496 e. The maximum absolute atomic E-state index is 11.6. The minimum absolute atomic E-state index is 0.228. The Morgan fingerprint density at radius 3 is 2.30 bits per heavy atom. The average Bonchev–Trinajstić information content (AvgIpc) is 2.40. The monoisotopic (exact) mass is 279 g/mol. The van der Waals surface area contributed by atoms with Crippen LogP contribution in [0.5, 0.6) is 11.5 Å². The van der Waals surface area contributed by atoms with Crippen molar-refractivity contribution in [1.29, 1.82) is 0 Å². The van der Waals surface area contributed by atoms with E-state index in [9.17, 15) is 4.79 Å². The van der Waals surface area contributed by atoms with Crippen LogP contribution in [0.2, 0.25) is 0 Å². The lowest BCUT2D eigenvalue weighted by Gasteiger charge is -2.39. The lowest BCUT2D eigenvalue weighted by atomic mass is 9.79. The fraction of sp³-hybridized carbons (Fsp3) is 0.533. The summed E-state index contributed by atoms with van der Waals surface area (Å²) in [6, 6.07) is 3.65. The molecule has 1 amide bonds. The number of carbonyl (C=O) groups is 1. The van der Waals surface area contributed by atoms with E-state index in [1.54, 1.807) is 14.2 Å². The van der Waals surface area contributed by atoms with Crippen LogP contribution in [0.4, 0.5) is 4.79 Å². The van der Waals surface area contributed by atoms with E-state index in [0.717, 1.165) is 11.1 Å². The molecule has 2 rings (SSSR count). The van der Waals surface area contributed by atoms with Crippen molar-refractivity contribution in [2.24, 2.45) is 5.41 Å². The molecule has 0 aliphatic carbocycles. The molecule has 1 aromatic carbocycles. The molecule has 1 heterocycles. The highest BCUT2D eigenvalue weighted by molar-refractivity contribution is 5.70. The Hall–Kier alpha value is -1.91. The van der Waals surface area contributed by atoms with Crippen molar-refractivity contribution in [3.05, 3.63) is 23.3 Å². The van der Waals surface area contributed by atoms with Crippen molar-refractivity contribution < 1.29 is 19.0 Å². The fourth-order valence-electron chi connectivity index (χ4n) is 2.51. The van der Waals surface area contributed by atoms with E-state index >= 15 is 0 Å². The number of cyclic esters (lactones) is 1. The van der Waals surface area contributed by atoms with Gasteiger partial charge in [0.25, 0.3) is 0 Å². The van der Waals surface area contributed by atoms with Crippen LogP contribution >= 0.6 is 0 Å². The molecule has 1 atom stereocenters. The molecular weight excluding hydrogens is 258 g/mol. The Balaban J connectivity index is 2.57. The standard InChI is InChI=1S/C15H21NO4/c1-9-6-10(18-4)12(11(7-9)19-5)13-15(2,3)8-20-14(17)16-13/h6-7,13H,8H2,1-5H3,(H,16,17)/t13-/m0/s1. The molecule has 1 N–H and O–H groups in total. The molecule has 0 radical (unpaired) electrons. The first kappa shape index (κ1) is 14.5. The summed E-state index contributed by atoms with van der Waals surface area (Å²) >= 11 is 0. The Bertz CT molecular complexity index is 500. The second kappa shape index (κ2) is 5.23. The zero-order valence-corrected chi connectivity index (χ0v) is 12.6. The van der Waals surface area contributed by atoms with E-state index in [-0.39, 0.29) is 11.5 Å². The van der Waals surface area contributed by atoms with E-state index < -0.39 is 6.09 Å². The molecule has 20 heavy (non-hydrogen) atoms. The molecule has 0 saturated carbocycles. The van der Waals surface area contributed by atoms with Crippen molar-refractivity contribution in [2.45, 2.75) is 26.8 Å². The second-order valence-corrected chi connectivity index (χ2v) is 5.73. The lowest BCUT2D eigenvalue weighted by molar-refractivity contribution is 0.0374. The van der Waals surface area contributed by atoms with Crippen LogP contribution in [0.15, 0.2) is 12.1 Å². The highest BCUT2D eigenvalue weighted by Crippen LogP contribution is 2.45. The number of hydrogen-bond donors (Lipinski definition) is 1. The summed E-state index contributed by atoms with van der Waals surface area (Å²) in [4.78, 5) is 11.6. The van der Waals surface area contributed by atoms with Gasteiger partial charge >= 0.3 is 6.09 Å². The first-order valence-corrected chi connectivity index (χ1v) is 6.55. The molecule has 110 valence electrons. The molecule has 1 aliphatic rings. The molecule has 0 unspecified atom stereocenters. The average molecular weight is 279 g/mol. The predicted octanol–water partition coefficient (Wildman–Crippen LogP) is 2.82. The number of aryl methyl sites for hydroxylation is 1. The third-order valence-corrected chi connectivity index (χ3v) is 3.60. The zero-order chi connectivity index (χ0) is 14.9. The Morgan fingerprint density at radius 2 is 1.80 bits per heavy atom. The van der Waals surface area contributed by atoms with Crippen LogP contribution < -0.4 is 14.8 Å². The smallest absolute Gasteiger partial charge is 0.407 e. The van der Waals surface area contributed by atoms with E-state index in [4.69, 9.17) is 14.2 Å². The van der Waals surface area contributed by atoms with Gasteiger partial charge in [-0.05, 0) is 24.6 Å². The fourth-order valence-corrected chi connectivity index (χ4v) is 2.51. The van der Waals surface area contributed by atoms with Crippen molar-refractivity contribution in [1.82, 2.24) is 5.32 Å². The van der Waals surface area contributed by atoms with Crippen molar-refractivity contribution >= 4 is 6.09 Å². The van der Waals surface area contributed by atoms with Gasteiger partial charge in [0.1, 0.15) is 18.1 Å². The molecule has 1 aliphatic heterocycles. The van der Waals surface area contributed by atoms with Gasteiger partial charge < -0.3 is 19.5 Å². The van der Waals surface area contributed by atoms with Crippen molar-refractivity contribution in [2.75, 3.05) is 20.8 Å². The summed E-state index contributed by atoms with van der Waals surface area (Å²) in [6.45, 7) is 6.40. The molecule has 0 spiro atoms. The minimum atomic E-state index is -0.418. The van der Waals surface area contributed by atoms with E-state index in [1.807, 2.05) is 32.9 Å². The Morgan fingerprint density at radius 1 is 1.25 bits per heavy atom. The third-order valence-electron chi connectivity index (χ3n) is 3.60. The highest BCUT2D eigenvalue weighted by atomic mass is 16.6. The molecule has 1 fully saturated rings. The predicted molar refractivity (Wildman–Crippen MR) is 75.3 cm³/mol. The van der Waals surface area contributed by atoms with Gasteiger partial charge in [0, 0.05) is 5.41 Å². The molecule has 0 bridgehead atoms. The number of alkyl carbamates (subject to hydrolysis) is 1. The number of hydrogen-bond acceptors (Lipinski definition) is 4. The van der Waals surface area contributed by atoms with Crippen molar-refractivity contribution in [3.63, 3.8) is 0 Å². The minimum Gasteiger partial charge on any atom is -0.496 e. The number of nitrogens with one attached hydrogen (secondary N) is 1. The third kappa shape index (κ3) is 2.53. The maximum atomic E-state index is 11.6. The number of methoxy groups -OCH3 is 2. The summed E-state index contributed by atoms with van der Waals surface area (Å²) in [5.41, 5.74) is 1.63. The number of carbonyl (C=O) groups excluding carboxylic acids is 1. The summed E-state index contributed by atoms with van der Waals surface area (Å²) < 4.78 is 16.0. The SMILES string of the molecule is COc1cc(C)cc(OC)c1[C@@H]1NC(=O)OCC1(C)C. The van der Waals surface area contributed by atoms with Crippen molar-refractivity contribution in [3.8, 4) is 11.5 Å². The van der Waals surface area contributed by atoms with Crippen LogP contribution in [0.25, 0.3) is 0 Å². The summed E-state index contributed by atoms with van der Waals surface area (Å²) in [5, 5.41) is 2.87. The molecule has 1 saturated heterocycles. The van der Waals surface area contributed by atoms with Gasteiger partial charge in [-0.3, -0.25) is 0 Å². The van der Waals surface area contributed by atoms with Gasteiger partial charge in [0.05, 0.1) is 25.8 Å². The maximum Gasteiger partial charge on any atom is 0.407 e. The number of benzene rings is 1. The van der Waals surface area contributed by atoms with Gasteiger partial charge in [0.2, 0.25) is 0 Å². The first-order chi connectivity index (χ1) is 9.39. The molecule has 5 heteroatoms. The molecule has 0 aromatic heterocycles. The normalized spacial score (nSPS) is 20.9. The van der Waals surface area contributed by atoms with Crippen LogP contribution in [0.3, 0.4) is 0 Å². The Kier molecular flexibility index (Phi) is 3.79. The quantitative estimate of drug-likeness (QED) is 0.924. The first-order valence-electron chi connectivity index (χ1n) is 6.55. The Labute approximate surface area is 119 Å². The topological polar surface area (TPSA) is 56.8 Å². The molecular formula is C15H21NO4. The van der Waals surface area contributed by atoms with Gasteiger partial charge in [-0.25, -0.2) is 4.79 Å². The van der Waals surface area contributed by atoms with Gasteiger partial charge in [0.15, 0.2) is 0 Å². The number of rotatable bonds is 3. The van der Waals surface area contributed by atoms with Gasteiger partial charge in [-0.1, -0.05) is 13.8 Å². The zero-order valence-electron chi connectivity index (χ0n) is 12.6. The summed E-state index contributed by atoms with van der Waals surface area (Å²) in [6.07, 6.45) is -0.418. The van der Waals surface area contributed by atoms with Crippen LogP contribution in [0, 0.1) is 12.3 Å². The lowest BCUT2D eigenvalue weighted by Crippen LogP contribution is -2.47. The second-order valence-electron chi connectivity index (χ2n) is 5.73. The summed E-state index contributed by atoms with van der Waals surface area (Å²) in [5.74, 6) is 1.42. The van der Waals surface area contributed by atoms with E-state index in [1.165, 1.54) is 0 Å². The number of ether oxygens (including phenoxy) is 3. The number of amides is 1. The van der Waals surface area contributed by atoms with E-state index in [0.29, 0.717) is 18.1 Å². The molecule has 5 nitrogen and oxygen atoms in total. The highest BCUT2D eigenvalue weighted by Gasteiger charge is 2.41. The van der Waals surface area contributed by atoms with Crippen LogP contribution in [-0.4, -0.2) is 26.9 Å². The van der Waals surface area contributed by atoms with Gasteiger partial charge in [-0.15, -0.1) is 0 Å². The van der Waals surface area contributed by atoms with E-state index in [2.05, 4.69) is 5.32 Å².